The van der Waals surface area contributed by atoms with E-state index in [4.69, 9.17) is 14.2 Å². The fourth-order valence-corrected chi connectivity index (χ4v) is 9.62. The van der Waals surface area contributed by atoms with Gasteiger partial charge in [-0.2, -0.15) is 0 Å². The fourth-order valence-electron chi connectivity index (χ4n) is 9.62. The van der Waals surface area contributed by atoms with Gasteiger partial charge in [-0.1, -0.05) is 294 Å². The van der Waals surface area contributed by atoms with Crippen LogP contribution in [0.5, 0.6) is 0 Å². The van der Waals surface area contributed by atoms with Crippen molar-refractivity contribution >= 4 is 17.9 Å². The highest BCUT2D eigenvalue weighted by atomic mass is 16.6. The SMILES string of the molecule is CCCCCC/C=C\C/C=C\CCCCCCCC(=O)OC(COC(=O)CCCCCCCCCCCCC)COC(=O)CCCCCCCCCCCCCCCCCCC/C=C\C/C=C\CCCCCCC. The van der Waals surface area contributed by atoms with Gasteiger partial charge in [-0.15, -0.1) is 0 Å². The Morgan fingerprint density at radius 1 is 0.270 bits per heavy atom. The van der Waals surface area contributed by atoms with Crippen LogP contribution in [0.25, 0.3) is 0 Å². The van der Waals surface area contributed by atoms with Crippen LogP contribution in [0.15, 0.2) is 48.6 Å². The van der Waals surface area contributed by atoms with Crippen molar-refractivity contribution in [1.82, 2.24) is 0 Å². The zero-order chi connectivity index (χ0) is 53.6. The minimum absolute atomic E-state index is 0.0744. The molecule has 432 valence electrons. The van der Waals surface area contributed by atoms with Crippen molar-refractivity contribution in [3.63, 3.8) is 0 Å². The molecule has 0 saturated heterocycles. The van der Waals surface area contributed by atoms with Gasteiger partial charge in [-0.05, 0) is 83.5 Å². The van der Waals surface area contributed by atoms with E-state index in [1.165, 1.54) is 218 Å². The molecule has 6 nitrogen and oxygen atoms in total. The number of carbonyl (C=O) groups is 3. The predicted molar refractivity (Wildman–Crippen MR) is 321 cm³/mol. The summed E-state index contributed by atoms with van der Waals surface area (Å²) < 4.78 is 16.9. The molecule has 0 N–H and O–H groups in total. The molecular formula is C68H124O6. The molecule has 0 saturated carbocycles. The van der Waals surface area contributed by atoms with E-state index in [0.717, 1.165) is 89.9 Å². The van der Waals surface area contributed by atoms with Gasteiger partial charge in [0.1, 0.15) is 13.2 Å². The third-order valence-electron chi connectivity index (χ3n) is 14.6. The summed E-state index contributed by atoms with van der Waals surface area (Å²) in [5, 5.41) is 0. The normalized spacial score (nSPS) is 12.3. The quantitative estimate of drug-likeness (QED) is 0.0261. The van der Waals surface area contributed by atoms with Crippen LogP contribution >= 0.6 is 0 Å². The van der Waals surface area contributed by atoms with Crippen LogP contribution in [-0.2, 0) is 28.6 Å². The summed E-state index contributed by atoms with van der Waals surface area (Å²) in [5.41, 5.74) is 0. The van der Waals surface area contributed by atoms with Gasteiger partial charge < -0.3 is 14.2 Å². The molecule has 0 amide bonds. The van der Waals surface area contributed by atoms with Crippen molar-refractivity contribution in [2.75, 3.05) is 13.2 Å². The summed E-state index contributed by atoms with van der Waals surface area (Å²) in [7, 11) is 0. The van der Waals surface area contributed by atoms with Gasteiger partial charge in [-0.3, -0.25) is 14.4 Å². The number of unbranched alkanes of at least 4 members (excludes halogenated alkanes) is 41. The second-order valence-corrected chi connectivity index (χ2v) is 22.0. The number of hydrogen-bond acceptors (Lipinski definition) is 6. The van der Waals surface area contributed by atoms with E-state index in [1.807, 2.05) is 0 Å². The molecule has 0 fully saturated rings. The van der Waals surface area contributed by atoms with Crippen LogP contribution in [0.3, 0.4) is 0 Å². The van der Waals surface area contributed by atoms with E-state index < -0.39 is 6.10 Å². The second kappa shape index (κ2) is 62.9. The van der Waals surface area contributed by atoms with E-state index in [1.54, 1.807) is 0 Å². The lowest BCUT2D eigenvalue weighted by atomic mass is 10.0. The molecule has 0 aromatic carbocycles. The van der Waals surface area contributed by atoms with Crippen LogP contribution in [0.1, 0.15) is 348 Å². The van der Waals surface area contributed by atoms with Crippen molar-refractivity contribution in [2.24, 2.45) is 0 Å². The number of carbonyl (C=O) groups excluding carboxylic acids is 3. The van der Waals surface area contributed by atoms with Gasteiger partial charge in [0.2, 0.25) is 0 Å². The van der Waals surface area contributed by atoms with E-state index in [2.05, 4.69) is 69.4 Å². The van der Waals surface area contributed by atoms with Gasteiger partial charge in [0.05, 0.1) is 0 Å². The third kappa shape index (κ3) is 60.2. The number of esters is 3. The Morgan fingerprint density at radius 2 is 0.486 bits per heavy atom. The summed E-state index contributed by atoms with van der Waals surface area (Å²) in [4.78, 5) is 38.2. The fraction of sp³-hybridized carbons (Fsp3) is 0.838. The van der Waals surface area contributed by atoms with Gasteiger partial charge in [0.15, 0.2) is 6.10 Å². The minimum Gasteiger partial charge on any atom is -0.462 e. The van der Waals surface area contributed by atoms with Crippen LogP contribution in [-0.4, -0.2) is 37.2 Å². The predicted octanol–water partition coefficient (Wildman–Crippen LogP) is 22.2. The molecule has 0 heterocycles. The Bertz CT molecular complexity index is 1280. The second-order valence-electron chi connectivity index (χ2n) is 22.0. The summed E-state index contributed by atoms with van der Waals surface area (Å²) in [6.07, 6.45) is 78.5. The highest BCUT2D eigenvalue weighted by Gasteiger charge is 2.19. The van der Waals surface area contributed by atoms with Crippen LogP contribution < -0.4 is 0 Å². The summed E-state index contributed by atoms with van der Waals surface area (Å²) >= 11 is 0. The summed E-state index contributed by atoms with van der Waals surface area (Å²) in [6.45, 7) is 6.64. The standard InChI is InChI=1S/C68H124O6/c1-4-7-10-13-16-19-22-24-26-28-29-30-31-32-33-34-35-36-37-38-39-40-42-43-46-49-52-55-58-61-67(70)73-64-65(63-72-66(69)60-57-54-51-48-45-21-18-15-12-9-6-3)74-68(71)62-59-56-53-50-47-44-41-27-25-23-20-17-14-11-8-5-2/h20,22-24,27-29,41,65H,4-19,21,25-26,30-40,42-64H2,1-3H3/b23-20-,24-22-,29-28-,41-27-. The Labute approximate surface area is 460 Å². The highest BCUT2D eigenvalue weighted by molar-refractivity contribution is 5.71. The molecule has 0 bridgehead atoms. The number of hydrogen-bond donors (Lipinski definition) is 0. The average molecular weight is 1040 g/mol. The van der Waals surface area contributed by atoms with Crippen molar-refractivity contribution in [1.29, 1.82) is 0 Å². The van der Waals surface area contributed by atoms with Crippen LogP contribution in [0.4, 0.5) is 0 Å². The Hall–Kier alpha value is -2.63. The van der Waals surface area contributed by atoms with Gasteiger partial charge in [0, 0.05) is 19.3 Å². The lowest BCUT2D eigenvalue weighted by molar-refractivity contribution is -0.167. The lowest BCUT2D eigenvalue weighted by Gasteiger charge is -2.18. The lowest BCUT2D eigenvalue weighted by Crippen LogP contribution is -2.30. The van der Waals surface area contributed by atoms with E-state index >= 15 is 0 Å². The van der Waals surface area contributed by atoms with Crippen LogP contribution in [0, 0.1) is 0 Å². The maximum atomic E-state index is 12.9. The Balaban J connectivity index is 4.16. The number of ether oxygens (including phenoxy) is 3. The number of rotatable bonds is 60. The van der Waals surface area contributed by atoms with E-state index in [9.17, 15) is 14.4 Å². The van der Waals surface area contributed by atoms with Crippen molar-refractivity contribution < 1.29 is 28.6 Å². The Kier molecular flexibility index (Phi) is 60.7. The maximum Gasteiger partial charge on any atom is 0.306 e. The maximum absolute atomic E-state index is 12.9. The zero-order valence-electron chi connectivity index (χ0n) is 49.6. The van der Waals surface area contributed by atoms with Crippen LogP contribution in [0.2, 0.25) is 0 Å². The molecule has 1 atom stereocenters. The highest BCUT2D eigenvalue weighted by Crippen LogP contribution is 2.17. The molecule has 0 spiro atoms. The monoisotopic (exact) mass is 1040 g/mol. The van der Waals surface area contributed by atoms with Crippen molar-refractivity contribution in [2.45, 2.75) is 354 Å². The first-order valence-corrected chi connectivity index (χ1v) is 32.6. The molecular weight excluding hydrogens is 913 g/mol. The molecule has 0 rings (SSSR count). The third-order valence-corrected chi connectivity index (χ3v) is 14.6. The first-order valence-electron chi connectivity index (χ1n) is 32.6. The molecule has 74 heavy (non-hydrogen) atoms. The largest absolute Gasteiger partial charge is 0.462 e. The first-order chi connectivity index (χ1) is 36.5. The Morgan fingerprint density at radius 3 is 0.757 bits per heavy atom. The molecule has 0 aromatic rings. The number of allylic oxidation sites excluding steroid dienone is 8. The van der Waals surface area contributed by atoms with E-state index in [-0.39, 0.29) is 31.1 Å². The molecule has 0 aliphatic rings. The van der Waals surface area contributed by atoms with Gasteiger partial charge in [-0.25, -0.2) is 0 Å². The van der Waals surface area contributed by atoms with Gasteiger partial charge in [0.25, 0.3) is 0 Å². The molecule has 6 heteroatoms. The van der Waals surface area contributed by atoms with E-state index in [0.29, 0.717) is 19.3 Å². The summed E-state index contributed by atoms with van der Waals surface area (Å²) in [6, 6.07) is 0. The topological polar surface area (TPSA) is 78.9 Å². The molecule has 0 aliphatic heterocycles. The van der Waals surface area contributed by atoms with Crippen molar-refractivity contribution in [3.05, 3.63) is 48.6 Å². The minimum atomic E-state index is -0.777. The molecule has 0 aromatic heterocycles. The zero-order valence-corrected chi connectivity index (χ0v) is 49.6. The van der Waals surface area contributed by atoms with Gasteiger partial charge >= 0.3 is 17.9 Å². The smallest absolute Gasteiger partial charge is 0.306 e. The molecule has 0 radical (unpaired) electrons. The molecule has 1 unspecified atom stereocenters. The summed E-state index contributed by atoms with van der Waals surface area (Å²) in [5.74, 6) is -0.869. The average Bonchev–Trinajstić information content (AvgIpc) is 3.40. The first kappa shape index (κ1) is 71.4. The molecule has 0 aliphatic carbocycles. The van der Waals surface area contributed by atoms with Crippen molar-refractivity contribution in [3.8, 4) is 0 Å².